The zero-order chi connectivity index (χ0) is 16.7. The monoisotopic (exact) mass is 327 g/mol. The number of nitrogens with zero attached hydrogens (tertiary/aromatic N) is 1. The zero-order valence-corrected chi connectivity index (χ0v) is 14.1. The summed E-state index contributed by atoms with van der Waals surface area (Å²) in [7, 11) is 1.76. The van der Waals surface area contributed by atoms with E-state index in [4.69, 9.17) is 11.3 Å². The molecule has 5 heteroatoms. The smallest absolute Gasteiger partial charge is 0.146 e. The Kier molecular flexibility index (Phi) is 6.38. The van der Waals surface area contributed by atoms with Crippen LogP contribution in [0.15, 0.2) is 53.5 Å². The molecule has 120 valence electrons. The van der Waals surface area contributed by atoms with Gasteiger partial charge in [0.25, 0.3) is 0 Å². The predicted molar refractivity (Wildman–Crippen MR) is 98.6 cm³/mol. The van der Waals surface area contributed by atoms with Gasteiger partial charge < -0.3 is 4.84 Å². The van der Waals surface area contributed by atoms with E-state index in [1.54, 1.807) is 19.2 Å². The van der Waals surface area contributed by atoms with Gasteiger partial charge in [-0.2, -0.15) is 5.90 Å². The number of aryl methyl sites for hydroxylation is 1. The Morgan fingerprint density at radius 1 is 1.22 bits per heavy atom. The number of aliphatic imine (C=N–C) groups is 1. The summed E-state index contributed by atoms with van der Waals surface area (Å²) in [4.78, 5) is 8.81. The third kappa shape index (κ3) is 5.23. The lowest BCUT2D eigenvalue weighted by Crippen LogP contribution is -2.04. The van der Waals surface area contributed by atoms with Crippen LogP contribution < -0.4 is 10.7 Å². The molecule has 3 N–H and O–H groups in total. The van der Waals surface area contributed by atoms with Gasteiger partial charge in [-0.05, 0) is 30.2 Å². The van der Waals surface area contributed by atoms with Gasteiger partial charge in [0, 0.05) is 19.7 Å². The van der Waals surface area contributed by atoms with E-state index in [0.717, 1.165) is 11.1 Å². The van der Waals surface area contributed by atoms with Crippen LogP contribution in [-0.4, -0.2) is 18.3 Å². The highest BCUT2D eigenvalue weighted by Crippen LogP contribution is 2.29. The Bertz CT molecular complexity index is 666. The van der Waals surface area contributed by atoms with Gasteiger partial charge in [-0.25, -0.2) is 0 Å². The van der Waals surface area contributed by atoms with E-state index in [9.17, 15) is 0 Å². The highest BCUT2D eigenvalue weighted by molar-refractivity contribution is 8.14. The molecule has 0 aliphatic rings. The molecular formula is C18H21N3OS. The van der Waals surface area contributed by atoms with Gasteiger partial charge >= 0.3 is 0 Å². The third-order valence-electron chi connectivity index (χ3n) is 3.38. The van der Waals surface area contributed by atoms with Gasteiger partial charge in [0.2, 0.25) is 0 Å². The number of nitrogens with two attached hydrogens (primary N) is 1. The summed E-state index contributed by atoms with van der Waals surface area (Å²) in [6.07, 6.45) is 2.46. The molecule has 0 saturated carbocycles. The van der Waals surface area contributed by atoms with Crippen LogP contribution in [0.4, 0.5) is 0 Å². The summed E-state index contributed by atoms with van der Waals surface area (Å²) in [6.45, 7) is 2.07. The average molecular weight is 327 g/mol. The SMILES string of the molecule is CN=CC(SC(=N)Cc1ccc(ON)cc1)c1ccc(C)cc1. The Morgan fingerprint density at radius 3 is 2.43 bits per heavy atom. The third-order valence-corrected chi connectivity index (χ3v) is 4.46. The topological polar surface area (TPSA) is 71.5 Å². The van der Waals surface area contributed by atoms with Gasteiger partial charge in [-0.15, -0.1) is 0 Å². The molecule has 4 nitrogen and oxygen atoms in total. The van der Waals surface area contributed by atoms with Crippen molar-refractivity contribution in [1.29, 1.82) is 5.41 Å². The van der Waals surface area contributed by atoms with E-state index in [1.165, 1.54) is 17.3 Å². The molecule has 1 atom stereocenters. The number of thioether (sulfide) groups is 1. The molecule has 0 fully saturated rings. The van der Waals surface area contributed by atoms with Crippen LogP contribution in [0.25, 0.3) is 0 Å². The summed E-state index contributed by atoms with van der Waals surface area (Å²) in [5.41, 5.74) is 3.44. The Hall–Kier alpha value is -2.11. The van der Waals surface area contributed by atoms with Gasteiger partial charge in [0.15, 0.2) is 0 Å². The molecule has 0 aliphatic heterocycles. The summed E-state index contributed by atoms with van der Waals surface area (Å²) in [5, 5.41) is 8.92. The fourth-order valence-corrected chi connectivity index (χ4v) is 3.17. The molecule has 0 amide bonds. The second kappa shape index (κ2) is 8.50. The van der Waals surface area contributed by atoms with E-state index in [-0.39, 0.29) is 5.25 Å². The summed E-state index contributed by atoms with van der Waals surface area (Å²) >= 11 is 1.51. The molecule has 0 bridgehead atoms. The van der Waals surface area contributed by atoms with Gasteiger partial charge in [-0.3, -0.25) is 10.4 Å². The second-order valence-corrected chi connectivity index (χ2v) is 6.45. The van der Waals surface area contributed by atoms with Crippen LogP contribution in [0.2, 0.25) is 0 Å². The van der Waals surface area contributed by atoms with Gasteiger partial charge in [-0.1, -0.05) is 53.7 Å². The van der Waals surface area contributed by atoms with E-state index >= 15 is 0 Å². The minimum atomic E-state index is 0.0553. The Morgan fingerprint density at radius 2 is 1.87 bits per heavy atom. The summed E-state index contributed by atoms with van der Waals surface area (Å²) in [5.74, 6) is 5.73. The lowest BCUT2D eigenvalue weighted by Gasteiger charge is -2.13. The maximum absolute atomic E-state index is 8.27. The first-order valence-corrected chi connectivity index (χ1v) is 8.19. The quantitative estimate of drug-likeness (QED) is 0.479. The van der Waals surface area contributed by atoms with Crippen molar-refractivity contribution in [2.24, 2.45) is 10.9 Å². The molecule has 0 radical (unpaired) electrons. The molecule has 0 saturated heterocycles. The molecule has 0 heterocycles. The van der Waals surface area contributed by atoms with Crippen LogP contribution in [0.1, 0.15) is 21.9 Å². The van der Waals surface area contributed by atoms with Crippen molar-refractivity contribution in [3.8, 4) is 5.75 Å². The standard InChI is InChI=1S/C18H21N3OS/c1-13-3-7-15(8-4-13)17(12-21-2)23-18(19)11-14-5-9-16(22-20)10-6-14/h3-10,12,17,19H,11,20H2,1-2H3. The minimum Gasteiger partial charge on any atom is -0.412 e. The number of rotatable bonds is 6. The van der Waals surface area contributed by atoms with Crippen molar-refractivity contribution in [2.45, 2.75) is 18.6 Å². The Labute approximate surface area is 141 Å². The first-order chi connectivity index (χ1) is 11.1. The zero-order valence-electron chi connectivity index (χ0n) is 13.3. The highest BCUT2D eigenvalue weighted by atomic mass is 32.2. The lowest BCUT2D eigenvalue weighted by molar-refractivity contribution is 0.334. The van der Waals surface area contributed by atoms with Crippen LogP contribution in [0.5, 0.6) is 5.75 Å². The van der Waals surface area contributed by atoms with Crippen LogP contribution in [0, 0.1) is 12.3 Å². The van der Waals surface area contributed by atoms with E-state index in [1.807, 2.05) is 18.3 Å². The van der Waals surface area contributed by atoms with E-state index in [2.05, 4.69) is 41.0 Å². The predicted octanol–water partition coefficient (Wildman–Crippen LogP) is 3.94. The average Bonchev–Trinajstić information content (AvgIpc) is 2.56. The van der Waals surface area contributed by atoms with Crippen molar-refractivity contribution < 1.29 is 4.84 Å². The highest BCUT2D eigenvalue weighted by Gasteiger charge is 2.13. The van der Waals surface area contributed by atoms with Crippen molar-refractivity contribution in [2.75, 3.05) is 7.05 Å². The molecule has 1 unspecified atom stereocenters. The normalized spacial score (nSPS) is 12.3. The van der Waals surface area contributed by atoms with Gasteiger partial charge in [0.1, 0.15) is 5.75 Å². The number of nitrogens with one attached hydrogen (secondary N) is 1. The molecule has 23 heavy (non-hydrogen) atoms. The number of benzene rings is 2. The van der Waals surface area contributed by atoms with Crippen molar-refractivity contribution in [3.63, 3.8) is 0 Å². The fraction of sp³-hybridized carbons (Fsp3) is 0.222. The molecule has 0 aromatic heterocycles. The molecule has 0 aliphatic carbocycles. The Balaban J connectivity index is 2.03. The van der Waals surface area contributed by atoms with Crippen LogP contribution >= 0.6 is 11.8 Å². The summed E-state index contributed by atoms with van der Waals surface area (Å²) < 4.78 is 0. The first kappa shape index (κ1) is 17.2. The van der Waals surface area contributed by atoms with Crippen molar-refractivity contribution in [3.05, 3.63) is 65.2 Å². The molecule has 2 rings (SSSR count). The maximum atomic E-state index is 8.27. The minimum absolute atomic E-state index is 0.0553. The van der Waals surface area contributed by atoms with E-state index in [0.29, 0.717) is 17.2 Å². The molecule has 2 aromatic rings. The molecule has 0 spiro atoms. The van der Waals surface area contributed by atoms with E-state index < -0.39 is 0 Å². The van der Waals surface area contributed by atoms with Crippen LogP contribution in [0.3, 0.4) is 0 Å². The first-order valence-electron chi connectivity index (χ1n) is 7.31. The fourth-order valence-electron chi connectivity index (χ4n) is 2.14. The molecule has 2 aromatic carbocycles. The van der Waals surface area contributed by atoms with Crippen LogP contribution in [-0.2, 0) is 6.42 Å². The largest absolute Gasteiger partial charge is 0.412 e. The lowest BCUT2D eigenvalue weighted by atomic mass is 10.1. The van der Waals surface area contributed by atoms with Gasteiger partial charge in [0.05, 0.1) is 10.3 Å². The maximum Gasteiger partial charge on any atom is 0.146 e. The molecular weight excluding hydrogens is 306 g/mol. The van der Waals surface area contributed by atoms with Crippen molar-refractivity contribution in [1.82, 2.24) is 0 Å². The number of hydrogen-bond donors (Lipinski definition) is 2. The number of hydrogen-bond acceptors (Lipinski definition) is 5. The summed E-state index contributed by atoms with van der Waals surface area (Å²) in [6, 6.07) is 15.8. The van der Waals surface area contributed by atoms with Crippen molar-refractivity contribution >= 4 is 23.0 Å². The second-order valence-electron chi connectivity index (χ2n) is 5.22.